The van der Waals surface area contributed by atoms with Crippen molar-refractivity contribution < 1.29 is 0 Å². The van der Waals surface area contributed by atoms with E-state index >= 15 is 0 Å². The molecule has 51 heavy (non-hydrogen) atoms. The second kappa shape index (κ2) is 10.9. The second-order valence-corrected chi connectivity index (χ2v) is 13.6. The smallest absolute Gasteiger partial charge is 0.163 e. The standard InChI is InChI=1S/C47H30N4/c1-2-10-30(11-3-1)45-48-46(50-47(49-45)34-22-25-36-38-17-8-14-29-15-9-18-39(44(29)38)40(36)27-34)31-20-23-35(24-21-31)51-42-19-7-6-16-37(42)41-26-32-12-4-5-13-33(32)28-43(41)51/h1-10,12-28,30H,11H2. The van der Waals surface area contributed by atoms with Crippen molar-refractivity contribution in [3.05, 3.63) is 170 Å². The summed E-state index contributed by atoms with van der Waals surface area (Å²) in [5.41, 5.74) is 10.5. The van der Waals surface area contributed by atoms with Gasteiger partial charge in [-0.3, -0.25) is 0 Å². The minimum atomic E-state index is 0.0922. The summed E-state index contributed by atoms with van der Waals surface area (Å²) in [7, 11) is 0. The SMILES string of the molecule is C1=CCC(c2nc(-c3ccc(-n4c5ccccc5c5cc6ccccc6cc54)cc3)nc(-c3ccc4c(c3)-c3cccc5cccc-4c35)n2)C=C1. The Morgan fingerprint density at radius 3 is 2.00 bits per heavy atom. The Hall–Kier alpha value is -6.65. The fourth-order valence-electron chi connectivity index (χ4n) is 8.21. The van der Waals surface area contributed by atoms with Crippen molar-refractivity contribution in [3.63, 3.8) is 0 Å². The highest BCUT2D eigenvalue weighted by molar-refractivity contribution is 6.16. The molecule has 0 spiro atoms. The third-order valence-electron chi connectivity index (χ3n) is 10.7. The zero-order valence-electron chi connectivity index (χ0n) is 27.7. The highest BCUT2D eigenvalue weighted by Crippen LogP contribution is 2.48. The van der Waals surface area contributed by atoms with E-state index in [1.807, 2.05) is 0 Å². The minimum absolute atomic E-state index is 0.0922. The van der Waals surface area contributed by atoms with E-state index in [-0.39, 0.29) is 5.92 Å². The van der Waals surface area contributed by atoms with Gasteiger partial charge in [-0.25, -0.2) is 15.0 Å². The van der Waals surface area contributed by atoms with Gasteiger partial charge in [0.05, 0.1) is 11.0 Å². The van der Waals surface area contributed by atoms with E-state index in [1.165, 1.54) is 65.6 Å². The molecule has 0 aliphatic heterocycles. The van der Waals surface area contributed by atoms with Gasteiger partial charge in [0.1, 0.15) is 5.82 Å². The first-order valence-electron chi connectivity index (χ1n) is 17.6. The van der Waals surface area contributed by atoms with E-state index in [2.05, 4.69) is 168 Å². The van der Waals surface area contributed by atoms with Crippen LogP contribution in [0.5, 0.6) is 0 Å². The minimum Gasteiger partial charge on any atom is -0.309 e. The lowest BCUT2D eigenvalue weighted by Gasteiger charge is -2.15. The first-order chi connectivity index (χ1) is 25.3. The third kappa shape index (κ3) is 4.36. The molecule has 2 heterocycles. The summed E-state index contributed by atoms with van der Waals surface area (Å²) in [4.78, 5) is 15.4. The Labute approximate surface area is 294 Å². The zero-order valence-corrected chi connectivity index (χ0v) is 27.7. The topological polar surface area (TPSA) is 43.6 Å². The van der Waals surface area contributed by atoms with Gasteiger partial charge in [-0.2, -0.15) is 0 Å². The summed E-state index contributed by atoms with van der Waals surface area (Å²) in [6.07, 6.45) is 9.42. The molecule has 1 unspecified atom stereocenters. The van der Waals surface area contributed by atoms with E-state index in [1.54, 1.807) is 0 Å². The average Bonchev–Trinajstić information content (AvgIpc) is 3.70. The summed E-state index contributed by atoms with van der Waals surface area (Å²) >= 11 is 0. The Morgan fingerprint density at radius 1 is 0.490 bits per heavy atom. The molecule has 0 saturated carbocycles. The van der Waals surface area contributed by atoms with Gasteiger partial charge in [-0.15, -0.1) is 0 Å². The van der Waals surface area contributed by atoms with Gasteiger partial charge in [-0.05, 0) is 98.8 Å². The van der Waals surface area contributed by atoms with Crippen LogP contribution in [0.2, 0.25) is 0 Å². The molecule has 2 aliphatic carbocycles. The largest absolute Gasteiger partial charge is 0.309 e. The average molecular weight is 651 g/mol. The number of allylic oxidation sites excluding steroid dienone is 4. The van der Waals surface area contributed by atoms with Gasteiger partial charge in [-0.1, -0.05) is 115 Å². The summed E-state index contributed by atoms with van der Waals surface area (Å²) in [6.45, 7) is 0. The number of fused-ring (bicyclic) bond motifs is 7. The summed E-state index contributed by atoms with van der Waals surface area (Å²) in [5, 5.41) is 7.57. The van der Waals surface area contributed by atoms with Crippen LogP contribution >= 0.6 is 0 Å². The normalized spacial score (nSPS) is 14.6. The maximum atomic E-state index is 5.15. The van der Waals surface area contributed by atoms with E-state index < -0.39 is 0 Å². The maximum absolute atomic E-state index is 5.15. The van der Waals surface area contributed by atoms with Crippen molar-refractivity contribution in [2.45, 2.75) is 12.3 Å². The molecule has 0 N–H and O–H groups in total. The summed E-state index contributed by atoms with van der Waals surface area (Å²) in [5.74, 6) is 2.26. The molecule has 4 nitrogen and oxygen atoms in total. The fraction of sp³-hybridized carbons (Fsp3) is 0.0426. The lowest BCUT2D eigenvalue weighted by atomic mass is 9.99. The number of rotatable bonds is 4. The fourth-order valence-corrected chi connectivity index (χ4v) is 8.21. The van der Waals surface area contributed by atoms with Crippen LogP contribution < -0.4 is 0 Å². The van der Waals surface area contributed by atoms with Gasteiger partial charge >= 0.3 is 0 Å². The predicted octanol–water partition coefficient (Wildman–Crippen LogP) is 11.9. The van der Waals surface area contributed by atoms with Crippen molar-refractivity contribution in [1.29, 1.82) is 0 Å². The number of hydrogen-bond donors (Lipinski definition) is 0. The van der Waals surface area contributed by atoms with Crippen LogP contribution in [0.15, 0.2) is 164 Å². The maximum Gasteiger partial charge on any atom is 0.163 e. The van der Waals surface area contributed by atoms with Crippen molar-refractivity contribution in [3.8, 4) is 50.7 Å². The Balaban J connectivity index is 1.04. The van der Waals surface area contributed by atoms with Crippen molar-refractivity contribution in [1.82, 2.24) is 19.5 Å². The van der Waals surface area contributed by atoms with Crippen molar-refractivity contribution >= 4 is 43.4 Å². The monoisotopic (exact) mass is 650 g/mol. The van der Waals surface area contributed by atoms with Gasteiger partial charge in [0.25, 0.3) is 0 Å². The Morgan fingerprint density at radius 2 is 1.20 bits per heavy atom. The molecule has 0 radical (unpaired) electrons. The molecule has 0 saturated heterocycles. The van der Waals surface area contributed by atoms with Gasteiger partial charge in [0.15, 0.2) is 11.6 Å². The zero-order chi connectivity index (χ0) is 33.5. The molecule has 0 amide bonds. The quantitative estimate of drug-likeness (QED) is 0.190. The van der Waals surface area contributed by atoms with E-state index in [0.29, 0.717) is 11.6 Å². The number of para-hydroxylation sites is 1. The van der Waals surface area contributed by atoms with Gasteiger partial charge in [0, 0.05) is 33.5 Å². The molecule has 9 aromatic rings. The third-order valence-corrected chi connectivity index (χ3v) is 10.7. The Kier molecular flexibility index (Phi) is 6.05. The van der Waals surface area contributed by atoms with Gasteiger partial charge in [0.2, 0.25) is 0 Å². The molecule has 1 atom stereocenters. The van der Waals surface area contributed by atoms with Crippen LogP contribution in [0, 0.1) is 0 Å². The van der Waals surface area contributed by atoms with Crippen LogP contribution in [0.3, 0.4) is 0 Å². The molecule has 2 aromatic heterocycles. The highest BCUT2D eigenvalue weighted by atomic mass is 15.0. The van der Waals surface area contributed by atoms with E-state index in [0.717, 1.165) is 29.1 Å². The lowest BCUT2D eigenvalue weighted by molar-refractivity contribution is 0.764. The second-order valence-electron chi connectivity index (χ2n) is 13.6. The Bertz CT molecular complexity index is 2940. The van der Waals surface area contributed by atoms with E-state index in [9.17, 15) is 0 Å². The van der Waals surface area contributed by atoms with Gasteiger partial charge < -0.3 is 4.57 Å². The molecule has 7 aromatic carbocycles. The van der Waals surface area contributed by atoms with Crippen molar-refractivity contribution in [2.75, 3.05) is 0 Å². The highest BCUT2D eigenvalue weighted by Gasteiger charge is 2.23. The summed E-state index contributed by atoms with van der Waals surface area (Å²) < 4.78 is 2.37. The van der Waals surface area contributed by atoms with E-state index in [4.69, 9.17) is 15.0 Å². The van der Waals surface area contributed by atoms with Crippen molar-refractivity contribution in [2.24, 2.45) is 0 Å². The number of hydrogen-bond acceptors (Lipinski definition) is 3. The molecule has 2 aliphatic rings. The molecule has 4 heteroatoms. The summed E-state index contributed by atoms with van der Waals surface area (Å²) in [6, 6.07) is 50.4. The first-order valence-corrected chi connectivity index (χ1v) is 17.6. The molecular weight excluding hydrogens is 621 g/mol. The molecule has 0 fully saturated rings. The van der Waals surface area contributed by atoms with Crippen LogP contribution in [-0.4, -0.2) is 19.5 Å². The molecular formula is C47H30N4. The van der Waals surface area contributed by atoms with Crippen LogP contribution in [0.1, 0.15) is 18.2 Å². The molecule has 11 rings (SSSR count). The first kappa shape index (κ1) is 28.2. The number of nitrogens with zero attached hydrogens (tertiary/aromatic N) is 4. The number of aromatic nitrogens is 4. The molecule has 238 valence electrons. The molecule has 0 bridgehead atoms. The van der Waals surface area contributed by atoms with Crippen LogP contribution in [-0.2, 0) is 0 Å². The predicted molar refractivity (Wildman–Crippen MR) is 210 cm³/mol. The number of benzene rings is 7. The lowest BCUT2D eigenvalue weighted by Crippen LogP contribution is -2.08. The van der Waals surface area contributed by atoms with Crippen LogP contribution in [0.25, 0.3) is 94.1 Å². The van der Waals surface area contributed by atoms with Crippen LogP contribution in [0.4, 0.5) is 0 Å².